The summed E-state index contributed by atoms with van der Waals surface area (Å²) in [5, 5.41) is 14.4. The first-order valence-electron chi connectivity index (χ1n) is 11.4. The topological polar surface area (TPSA) is 135 Å². The van der Waals surface area contributed by atoms with Gasteiger partial charge in [-0.25, -0.2) is 14.5 Å². The van der Waals surface area contributed by atoms with E-state index in [1.165, 1.54) is 6.20 Å². The van der Waals surface area contributed by atoms with E-state index >= 15 is 0 Å². The van der Waals surface area contributed by atoms with Crippen LogP contribution in [0.2, 0.25) is 0 Å². The lowest BCUT2D eigenvalue weighted by molar-refractivity contribution is 0.102. The normalized spacial score (nSPS) is 17.9. The van der Waals surface area contributed by atoms with Crippen molar-refractivity contribution >= 4 is 34.6 Å². The fraction of sp³-hybridized carbons (Fsp3) is 0.292. The molecule has 5 rings (SSSR count). The Morgan fingerprint density at radius 1 is 1.09 bits per heavy atom. The van der Waals surface area contributed by atoms with E-state index in [2.05, 4.69) is 30.9 Å². The van der Waals surface area contributed by atoms with E-state index in [4.69, 9.17) is 10.8 Å². The number of hydrogen-bond acceptors (Lipinski definition) is 8. The molecule has 4 aromatic rings. The molecule has 1 fully saturated rings. The maximum absolute atomic E-state index is 13.0. The first kappa shape index (κ1) is 21.8. The van der Waals surface area contributed by atoms with Crippen molar-refractivity contribution in [2.45, 2.75) is 44.7 Å². The van der Waals surface area contributed by atoms with Crippen LogP contribution in [0.4, 0.5) is 23.0 Å². The number of aromatic nitrogens is 5. The predicted octanol–water partition coefficient (Wildman–Crippen LogP) is 3.51. The molecule has 34 heavy (non-hydrogen) atoms. The van der Waals surface area contributed by atoms with Crippen molar-refractivity contribution < 1.29 is 4.79 Å². The van der Waals surface area contributed by atoms with Gasteiger partial charge in [0.2, 0.25) is 0 Å². The summed E-state index contributed by atoms with van der Waals surface area (Å²) in [5.41, 5.74) is 9.16. The lowest BCUT2D eigenvalue weighted by Gasteiger charge is -2.27. The Kier molecular flexibility index (Phi) is 6.05. The lowest BCUT2D eigenvalue weighted by Crippen LogP contribution is -2.33. The number of nitrogens with two attached hydrogens (primary N) is 1. The molecule has 10 heteroatoms. The Morgan fingerprint density at radius 2 is 1.88 bits per heavy atom. The molecule has 0 aliphatic heterocycles. The molecule has 4 heterocycles. The molecule has 0 bridgehead atoms. The summed E-state index contributed by atoms with van der Waals surface area (Å²) in [7, 11) is 0. The van der Waals surface area contributed by atoms with E-state index in [-0.39, 0.29) is 18.0 Å². The van der Waals surface area contributed by atoms with E-state index in [9.17, 15) is 4.79 Å². The second-order valence-electron chi connectivity index (χ2n) is 8.56. The highest BCUT2D eigenvalue weighted by Gasteiger charge is 2.21. The summed E-state index contributed by atoms with van der Waals surface area (Å²) < 4.78 is 1.56. The van der Waals surface area contributed by atoms with Gasteiger partial charge in [0.1, 0.15) is 11.6 Å². The molecule has 10 nitrogen and oxygen atoms in total. The monoisotopic (exact) mass is 457 g/mol. The standard InChI is InChI=1S/C24H27N9O/c1-15-3-2-4-21(28-15)31-19-13-22(29-17-7-5-16(25)6-8-17)32-33-20(14-27-23(19)33)24(34)30-18-9-11-26-12-10-18/h2-4,9-14,16-17H,5-8,25H2,1H3,(H,28,31)(H,29,32)(H,26,30,34). The van der Waals surface area contributed by atoms with Gasteiger partial charge in [-0.1, -0.05) is 6.07 Å². The highest BCUT2D eigenvalue weighted by Crippen LogP contribution is 2.26. The first-order chi connectivity index (χ1) is 16.5. The van der Waals surface area contributed by atoms with Crippen LogP contribution in [0.3, 0.4) is 0 Å². The number of carbonyl (C=O) groups excluding carboxylic acids is 1. The van der Waals surface area contributed by atoms with Crippen LogP contribution in [0, 0.1) is 6.92 Å². The van der Waals surface area contributed by atoms with Crippen molar-refractivity contribution in [2.24, 2.45) is 5.73 Å². The van der Waals surface area contributed by atoms with Crippen LogP contribution in [0.15, 0.2) is 55.0 Å². The van der Waals surface area contributed by atoms with Gasteiger partial charge in [0.05, 0.1) is 11.9 Å². The largest absolute Gasteiger partial charge is 0.366 e. The zero-order valence-corrected chi connectivity index (χ0v) is 18.9. The van der Waals surface area contributed by atoms with Gasteiger partial charge in [-0.2, -0.15) is 0 Å². The first-order valence-corrected chi connectivity index (χ1v) is 11.4. The van der Waals surface area contributed by atoms with Crippen molar-refractivity contribution in [3.63, 3.8) is 0 Å². The minimum absolute atomic E-state index is 0.259. The van der Waals surface area contributed by atoms with Crippen molar-refractivity contribution in [3.8, 4) is 0 Å². The molecule has 5 N–H and O–H groups in total. The Morgan fingerprint density at radius 3 is 2.65 bits per heavy atom. The number of hydrogen-bond donors (Lipinski definition) is 4. The van der Waals surface area contributed by atoms with Gasteiger partial charge in [-0.15, -0.1) is 5.10 Å². The van der Waals surface area contributed by atoms with Gasteiger partial charge in [-0.3, -0.25) is 9.78 Å². The minimum atomic E-state index is -0.313. The summed E-state index contributed by atoms with van der Waals surface area (Å²) >= 11 is 0. The number of rotatable bonds is 6. The van der Waals surface area contributed by atoms with E-state index < -0.39 is 0 Å². The number of anilines is 4. The van der Waals surface area contributed by atoms with E-state index in [1.54, 1.807) is 29.0 Å². The SMILES string of the molecule is Cc1cccc(Nc2cc(NC3CCC(N)CC3)nn3c(C(=O)Nc4ccncc4)cnc23)n1. The molecule has 0 radical (unpaired) electrons. The molecule has 1 amide bonds. The zero-order valence-electron chi connectivity index (χ0n) is 18.9. The van der Waals surface area contributed by atoms with Crippen LogP contribution in [0.1, 0.15) is 41.9 Å². The van der Waals surface area contributed by atoms with Crippen LogP contribution >= 0.6 is 0 Å². The molecule has 174 valence electrons. The van der Waals surface area contributed by atoms with Gasteiger partial charge >= 0.3 is 0 Å². The Hall–Kier alpha value is -4.05. The van der Waals surface area contributed by atoms with Crippen molar-refractivity contribution in [1.82, 2.24) is 24.6 Å². The zero-order chi connectivity index (χ0) is 23.5. The number of nitrogens with zero attached hydrogens (tertiary/aromatic N) is 5. The number of nitrogens with one attached hydrogen (secondary N) is 3. The molecule has 1 saturated carbocycles. The van der Waals surface area contributed by atoms with Crippen LogP contribution in [0.5, 0.6) is 0 Å². The van der Waals surface area contributed by atoms with E-state index in [1.807, 2.05) is 31.2 Å². The summed E-state index contributed by atoms with van der Waals surface area (Å²) in [6.07, 6.45) is 8.67. The third-order valence-electron chi connectivity index (χ3n) is 5.91. The van der Waals surface area contributed by atoms with E-state index in [0.29, 0.717) is 34.4 Å². The minimum Gasteiger partial charge on any atom is -0.366 e. The van der Waals surface area contributed by atoms with Crippen LogP contribution in [-0.2, 0) is 0 Å². The maximum atomic E-state index is 13.0. The fourth-order valence-corrected chi connectivity index (χ4v) is 4.14. The lowest BCUT2D eigenvalue weighted by atomic mass is 9.92. The quantitative estimate of drug-likeness (QED) is 0.345. The highest BCUT2D eigenvalue weighted by molar-refractivity contribution is 6.03. The molecular weight excluding hydrogens is 430 g/mol. The molecule has 1 aliphatic carbocycles. The summed E-state index contributed by atoms with van der Waals surface area (Å²) in [6.45, 7) is 1.94. The smallest absolute Gasteiger partial charge is 0.276 e. The van der Waals surface area contributed by atoms with Gasteiger partial charge < -0.3 is 21.7 Å². The van der Waals surface area contributed by atoms with Crippen LogP contribution in [-0.4, -0.2) is 42.6 Å². The number of aryl methyl sites for hydroxylation is 1. The second-order valence-corrected chi connectivity index (χ2v) is 8.56. The number of carbonyl (C=O) groups is 1. The van der Waals surface area contributed by atoms with Crippen molar-refractivity contribution in [2.75, 3.05) is 16.0 Å². The average Bonchev–Trinajstić information content (AvgIpc) is 3.26. The van der Waals surface area contributed by atoms with Crippen LogP contribution < -0.4 is 21.7 Å². The molecule has 4 aromatic heterocycles. The number of imidazole rings is 1. The second kappa shape index (κ2) is 9.44. The number of fused-ring (bicyclic) bond motifs is 1. The van der Waals surface area contributed by atoms with Crippen molar-refractivity contribution in [1.29, 1.82) is 0 Å². The summed E-state index contributed by atoms with van der Waals surface area (Å²) in [6, 6.07) is 11.7. The number of pyridine rings is 2. The van der Waals surface area contributed by atoms with Crippen LogP contribution in [0.25, 0.3) is 5.65 Å². The summed E-state index contributed by atoms with van der Waals surface area (Å²) in [4.78, 5) is 26.1. The fourth-order valence-electron chi connectivity index (χ4n) is 4.14. The van der Waals surface area contributed by atoms with Gasteiger partial charge in [-0.05, 0) is 56.9 Å². The predicted molar refractivity (Wildman–Crippen MR) is 131 cm³/mol. The molecule has 0 saturated heterocycles. The molecule has 0 spiro atoms. The van der Waals surface area contributed by atoms with E-state index in [0.717, 1.165) is 31.4 Å². The molecular formula is C24H27N9O. The average molecular weight is 458 g/mol. The van der Waals surface area contributed by atoms with Gasteiger partial charge in [0.25, 0.3) is 5.91 Å². The van der Waals surface area contributed by atoms with Crippen molar-refractivity contribution in [3.05, 3.63) is 66.4 Å². The molecule has 0 aromatic carbocycles. The Bertz CT molecular complexity index is 1300. The van der Waals surface area contributed by atoms with Gasteiger partial charge in [0.15, 0.2) is 11.3 Å². The third-order valence-corrected chi connectivity index (χ3v) is 5.91. The Labute approximate surface area is 197 Å². The van der Waals surface area contributed by atoms with Gasteiger partial charge in [0, 0.05) is 41.9 Å². The number of amides is 1. The third kappa shape index (κ3) is 4.81. The summed E-state index contributed by atoms with van der Waals surface area (Å²) in [5.74, 6) is 1.03. The molecule has 0 atom stereocenters. The maximum Gasteiger partial charge on any atom is 0.276 e. The Balaban J connectivity index is 1.50. The molecule has 0 unspecified atom stereocenters. The highest BCUT2D eigenvalue weighted by atomic mass is 16.2. The molecule has 1 aliphatic rings.